The van der Waals surface area contributed by atoms with Gasteiger partial charge in [0.1, 0.15) is 5.82 Å². The van der Waals surface area contributed by atoms with Gasteiger partial charge in [0.15, 0.2) is 5.82 Å². The summed E-state index contributed by atoms with van der Waals surface area (Å²) in [6.07, 6.45) is 4.24. The van der Waals surface area contributed by atoms with Crippen LogP contribution in [0.15, 0.2) is 152 Å². The van der Waals surface area contributed by atoms with Crippen molar-refractivity contribution in [2.75, 3.05) is 0 Å². The lowest BCUT2D eigenvalue weighted by atomic mass is 9.82. The summed E-state index contributed by atoms with van der Waals surface area (Å²) in [4.78, 5) is 10.7. The van der Waals surface area contributed by atoms with Gasteiger partial charge in [-0.1, -0.05) is 117 Å². The zero-order chi connectivity index (χ0) is 37.0. The van der Waals surface area contributed by atoms with E-state index in [9.17, 15) is 0 Å². The highest BCUT2D eigenvalue weighted by Gasteiger charge is 2.36. The lowest BCUT2D eigenvalue weighted by Crippen LogP contribution is -2.15. The highest BCUT2D eigenvalue weighted by atomic mass is 15.1. The minimum absolute atomic E-state index is 0.153. The van der Waals surface area contributed by atoms with Gasteiger partial charge in [0, 0.05) is 43.6 Å². The number of fused-ring (bicyclic) bond motifs is 10. The summed E-state index contributed by atoms with van der Waals surface area (Å²) >= 11 is 0. The quantitative estimate of drug-likeness (QED) is 0.183. The molecule has 10 aromatic rings. The number of benzene rings is 7. The Morgan fingerprint density at radius 3 is 1.98 bits per heavy atom. The Morgan fingerprint density at radius 2 is 1.20 bits per heavy atom. The van der Waals surface area contributed by atoms with Crippen molar-refractivity contribution >= 4 is 60.6 Å². The number of aryl methyl sites for hydroxylation is 1. The molecule has 0 atom stereocenters. The first kappa shape index (κ1) is 31.7. The van der Waals surface area contributed by atoms with Crippen molar-refractivity contribution in [2.24, 2.45) is 0 Å². The number of rotatable bonds is 4. The molecule has 55 heavy (non-hydrogen) atoms. The van der Waals surface area contributed by atoms with E-state index in [4.69, 9.17) is 9.97 Å². The number of nitrogens with zero attached hydrogens (tertiary/aromatic N) is 4. The molecule has 0 radical (unpaired) electrons. The van der Waals surface area contributed by atoms with Gasteiger partial charge in [-0.05, 0) is 102 Å². The van der Waals surface area contributed by atoms with Crippen LogP contribution in [0.5, 0.6) is 0 Å². The SMILES string of the molecule is C/C=C\c1cc(-c2nc(-n3c4cc(-n5c6ccccc6c6ccccc65)ccc4c4cc5c(cc43)C(C)(C)c3ccccc3-5)c3ccccc3n2)ccc1C. The van der Waals surface area contributed by atoms with Crippen LogP contribution in [-0.2, 0) is 5.41 Å². The van der Waals surface area contributed by atoms with Crippen LogP contribution >= 0.6 is 0 Å². The average molecular weight is 707 g/mol. The molecule has 1 aliphatic rings. The van der Waals surface area contributed by atoms with Crippen LogP contribution in [0, 0.1) is 6.92 Å². The van der Waals surface area contributed by atoms with E-state index in [1.54, 1.807) is 0 Å². The zero-order valence-electron chi connectivity index (χ0n) is 31.3. The van der Waals surface area contributed by atoms with E-state index in [1.165, 1.54) is 66.0 Å². The Kier molecular flexibility index (Phi) is 6.69. The van der Waals surface area contributed by atoms with E-state index in [0.29, 0.717) is 5.82 Å². The van der Waals surface area contributed by atoms with Crippen LogP contribution in [0.25, 0.3) is 94.6 Å². The third kappa shape index (κ3) is 4.52. The first-order chi connectivity index (χ1) is 26.9. The molecule has 0 spiro atoms. The predicted molar refractivity (Wildman–Crippen MR) is 231 cm³/mol. The van der Waals surface area contributed by atoms with Gasteiger partial charge in [-0.15, -0.1) is 0 Å². The van der Waals surface area contributed by atoms with Crippen LogP contribution < -0.4 is 0 Å². The topological polar surface area (TPSA) is 35.6 Å². The van der Waals surface area contributed by atoms with Crippen molar-refractivity contribution in [2.45, 2.75) is 33.1 Å². The summed E-state index contributed by atoms with van der Waals surface area (Å²) in [6.45, 7) is 8.92. The number of allylic oxidation sites excluding steroid dienone is 1. The van der Waals surface area contributed by atoms with Gasteiger partial charge in [-0.2, -0.15) is 0 Å². The van der Waals surface area contributed by atoms with Crippen LogP contribution in [0.3, 0.4) is 0 Å². The van der Waals surface area contributed by atoms with Crippen LogP contribution in [0.4, 0.5) is 0 Å². The summed E-state index contributed by atoms with van der Waals surface area (Å²) in [5, 5.41) is 5.91. The third-order valence-electron chi connectivity index (χ3n) is 12.0. The van der Waals surface area contributed by atoms with Gasteiger partial charge in [-0.25, -0.2) is 9.97 Å². The average Bonchev–Trinajstić information content (AvgIpc) is 3.80. The molecule has 0 fully saturated rings. The fourth-order valence-corrected chi connectivity index (χ4v) is 9.27. The molecule has 0 saturated heterocycles. The Hall–Kier alpha value is -6.78. The highest BCUT2D eigenvalue weighted by molar-refractivity contribution is 6.14. The van der Waals surface area contributed by atoms with Crippen molar-refractivity contribution in [1.82, 2.24) is 19.1 Å². The number of hydrogen-bond donors (Lipinski definition) is 0. The fraction of sp³-hybridized carbons (Fsp3) is 0.0980. The van der Waals surface area contributed by atoms with Crippen LogP contribution in [0.2, 0.25) is 0 Å². The Labute approximate surface area is 319 Å². The van der Waals surface area contributed by atoms with E-state index in [2.05, 4.69) is 195 Å². The van der Waals surface area contributed by atoms with Gasteiger partial charge in [0.05, 0.1) is 27.6 Å². The van der Waals surface area contributed by atoms with Gasteiger partial charge in [-0.3, -0.25) is 4.57 Å². The molecule has 0 aliphatic heterocycles. The Balaban J connectivity index is 1.27. The molecule has 0 unspecified atom stereocenters. The molecular weight excluding hydrogens is 669 g/mol. The standard InChI is InChI=1S/C51H38N4/c1-5-14-32-27-33(24-23-31(32)2)49-52-44-20-11-7-18-39(44)50(53-49)55-47-28-34(54-45-21-12-8-16-36(45)37-17-9-13-22-46(37)54)25-26-38(47)41-29-40-35-15-6-10-19-42(35)51(3,4)43(40)30-48(41)55/h5-30H,1-4H3/b14-5-. The molecule has 0 bridgehead atoms. The molecule has 3 aromatic heterocycles. The van der Waals surface area contributed by atoms with Crippen molar-refractivity contribution in [3.63, 3.8) is 0 Å². The first-order valence-corrected chi connectivity index (χ1v) is 19.1. The minimum atomic E-state index is -0.153. The maximum absolute atomic E-state index is 5.53. The van der Waals surface area contributed by atoms with Crippen molar-refractivity contribution in [3.05, 3.63) is 174 Å². The molecule has 0 saturated carbocycles. The van der Waals surface area contributed by atoms with E-state index < -0.39 is 0 Å². The second kappa shape index (κ2) is 11.6. The van der Waals surface area contributed by atoms with Gasteiger partial charge in [0.25, 0.3) is 0 Å². The van der Waals surface area contributed by atoms with E-state index >= 15 is 0 Å². The van der Waals surface area contributed by atoms with Gasteiger partial charge < -0.3 is 4.57 Å². The monoisotopic (exact) mass is 706 g/mol. The van der Waals surface area contributed by atoms with E-state index in [-0.39, 0.29) is 5.41 Å². The lowest BCUT2D eigenvalue weighted by molar-refractivity contribution is 0.661. The normalized spacial score (nSPS) is 13.5. The molecule has 4 nitrogen and oxygen atoms in total. The molecule has 0 N–H and O–H groups in total. The second-order valence-electron chi connectivity index (χ2n) is 15.5. The van der Waals surface area contributed by atoms with E-state index in [1.807, 2.05) is 0 Å². The molecule has 0 amide bonds. The van der Waals surface area contributed by atoms with Crippen molar-refractivity contribution < 1.29 is 0 Å². The molecule has 7 aromatic carbocycles. The largest absolute Gasteiger partial charge is 0.309 e. The maximum atomic E-state index is 5.53. The van der Waals surface area contributed by atoms with Crippen molar-refractivity contribution in [1.29, 1.82) is 0 Å². The smallest absolute Gasteiger partial charge is 0.162 e. The number of hydrogen-bond acceptors (Lipinski definition) is 2. The number of aromatic nitrogens is 4. The van der Waals surface area contributed by atoms with E-state index in [0.717, 1.165) is 39.0 Å². The molecule has 262 valence electrons. The first-order valence-electron chi connectivity index (χ1n) is 19.1. The molecule has 11 rings (SSSR count). The highest BCUT2D eigenvalue weighted by Crippen LogP contribution is 2.51. The summed E-state index contributed by atoms with van der Waals surface area (Å²) in [5.41, 5.74) is 15.2. The predicted octanol–water partition coefficient (Wildman–Crippen LogP) is 13.1. The summed E-state index contributed by atoms with van der Waals surface area (Å²) in [5.74, 6) is 1.59. The zero-order valence-corrected chi connectivity index (χ0v) is 31.3. The fourth-order valence-electron chi connectivity index (χ4n) is 9.27. The minimum Gasteiger partial charge on any atom is -0.309 e. The van der Waals surface area contributed by atoms with Gasteiger partial charge in [0.2, 0.25) is 0 Å². The third-order valence-corrected chi connectivity index (χ3v) is 12.0. The van der Waals surface area contributed by atoms with Crippen LogP contribution in [-0.4, -0.2) is 19.1 Å². The lowest BCUT2D eigenvalue weighted by Gasteiger charge is -2.21. The summed E-state index contributed by atoms with van der Waals surface area (Å²) in [6, 6.07) is 53.2. The Bertz CT molecular complexity index is 3210. The maximum Gasteiger partial charge on any atom is 0.162 e. The molecule has 3 heterocycles. The molecular formula is C51H38N4. The summed E-state index contributed by atoms with van der Waals surface area (Å²) < 4.78 is 4.82. The van der Waals surface area contributed by atoms with Crippen molar-refractivity contribution in [3.8, 4) is 34.0 Å². The Morgan fingerprint density at radius 1 is 0.527 bits per heavy atom. The second-order valence-corrected chi connectivity index (χ2v) is 15.5. The summed E-state index contributed by atoms with van der Waals surface area (Å²) in [7, 11) is 0. The molecule has 4 heteroatoms. The number of para-hydroxylation sites is 3. The van der Waals surface area contributed by atoms with Gasteiger partial charge >= 0.3 is 0 Å². The van der Waals surface area contributed by atoms with Crippen LogP contribution in [0.1, 0.15) is 43.0 Å². The molecule has 1 aliphatic carbocycles.